The molecule has 1 amide bonds. The first kappa shape index (κ1) is 11.8. The molecule has 0 spiro atoms. The Hall–Kier alpha value is -1.32. The number of nitrogens with zero attached hydrogens (tertiary/aromatic N) is 2. The first-order chi connectivity index (χ1) is 8.65. The number of fused-ring (bicyclic) bond motifs is 1. The molecule has 0 saturated heterocycles. The summed E-state index contributed by atoms with van der Waals surface area (Å²) >= 11 is 0. The molecule has 3 rings (SSSR count). The monoisotopic (exact) mass is 247 g/mol. The van der Waals surface area contributed by atoms with Crippen molar-refractivity contribution in [1.82, 2.24) is 15.1 Å². The second-order valence-corrected chi connectivity index (χ2v) is 6.06. The molecule has 2 atom stereocenters. The summed E-state index contributed by atoms with van der Waals surface area (Å²) in [6.45, 7) is 4.90. The van der Waals surface area contributed by atoms with Gasteiger partial charge in [-0.15, -0.1) is 0 Å². The minimum Gasteiger partial charge on any atom is -0.350 e. The maximum atomic E-state index is 12.1. The molecule has 4 nitrogen and oxygen atoms in total. The SMILES string of the molecule is CC(C)n1nccc1C(=O)NCC1CC2CC2C1. The minimum absolute atomic E-state index is 0.0155. The highest BCUT2D eigenvalue weighted by Crippen LogP contribution is 2.54. The van der Waals surface area contributed by atoms with Gasteiger partial charge >= 0.3 is 0 Å². The molecule has 2 aliphatic carbocycles. The van der Waals surface area contributed by atoms with Gasteiger partial charge in [0, 0.05) is 18.8 Å². The predicted octanol–water partition coefficient (Wildman–Crippen LogP) is 2.24. The van der Waals surface area contributed by atoms with Gasteiger partial charge in [-0.25, -0.2) is 0 Å². The third kappa shape index (κ3) is 2.16. The molecule has 1 N–H and O–H groups in total. The lowest BCUT2D eigenvalue weighted by Gasteiger charge is -2.14. The van der Waals surface area contributed by atoms with Crippen molar-refractivity contribution in [1.29, 1.82) is 0 Å². The van der Waals surface area contributed by atoms with Crippen LogP contribution in [-0.4, -0.2) is 22.2 Å². The maximum Gasteiger partial charge on any atom is 0.269 e. The van der Waals surface area contributed by atoms with E-state index in [0.717, 1.165) is 18.4 Å². The van der Waals surface area contributed by atoms with Crippen molar-refractivity contribution >= 4 is 5.91 Å². The van der Waals surface area contributed by atoms with Crippen molar-refractivity contribution in [2.24, 2.45) is 17.8 Å². The van der Waals surface area contributed by atoms with Gasteiger partial charge in [-0.05, 0) is 56.9 Å². The third-order valence-electron chi connectivity index (χ3n) is 4.28. The first-order valence-electron chi connectivity index (χ1n) is 6.97. The van der Waals surface area contributed by atoms with Crippen LogP contribution in [0.3, 0.4) is 0 Å². The summed E-state index contributed by atoms with van der Waals surface area (Å²) in [7, 11) is 0. The zero-order valence-corrected chi connectivity index (χ0v) is 11.1. The summed E-state index contributed by atoms with van der Waals surface area (Å²) in [6.07, 6.45) is 5.76. The lowest BCUT2D eigenvalue weighted by molar-refractivity contribution is 0.0933. The molecule has 2 aliphatic rings. The first-order valence-corrected chi connectivity index (χ1v) is 6.97. The summed E-state index contributed by atoms with van der Waals surface area (Å²) in [5.74, 6) is 2.68. The van der Waals surface area contributed by atoms with Crippen molar-refractivity contribution in [3.8, 4) is 0 Å². The van der Waals surface area contributed by atoms with E-state index >= 15 is 0 Å². The van der Waals surface area contributed by atoms with Gasteiger partial charge in [-0.3, -0.25) is 9.48 Å². The number of carbonyl (C=O) groups excluding carboxylic acids is 1. The van der Waals surface area contributed by atoms with Crippen LogP contribution in [0, 0.1) is 17.8 Å². The number of amides is 1. The molecular weight excluding hydrogens is 226 g/mol. The van der Waals surface area contributed by atoms with Gasteiger partial charge in [0.25, 0.3) is 5.91 Å². The second-order valence-electron chi connectivity index (χ2n) is 6.06. The van der Waals surface area contributed by atoms with Gasteiger partial charge in [0.2, 0.25) is 0 Å². The van der Waals surface area contributed by atoms with Crippen molar-refractivity contribution in [3.05, 3.63) is 18.0 Å². The number of carbonyl (C=O) groups is 1. The Kier molecular flexibility index (Phi) is 2.88. The Balaban J connectivity index is 1.55. The average Bonchev–Trinajstić information content (AvgIpc) is 2.83. The van der Waals surface area contributed by atoms with E-state index in [1.54, 1.807) is 16.9 Å². The zero-order chi connectivity index (χ0) is 12.7. The summed E-state index contributed by atoms with van der Waals surface area (Å²) in [5, 5.41) is 7.26. The molecular formula is C14H21N3O. The number of rotatable bonds is 4. The molecule has 0 aliphatic heterocycles. The van der Waals surface area contributed by atoms with Crippen LogP contribution in [0.25, 0.3) is 0 Å². The highest BCUT2D eigenvalue weighted by molar-refractivity contribution is 5.92. The fraction of sp³-hybridized carbons (Fsp3) is 0.714. The van der Waals surface area contributed by atoms with Crippen LogP contribution in [0.4, 0.5) is 0 Å². The van der Waals surface area contributed by atoms with E-state index in [4.69, 9.17) is 0 Å². The van der Waals surface area contributed by atoms with Gasteiger partial charge in [0.1, 0.15) is 5.69 Å². The van der Waals surface area contributed by atoms with Crippen molar-refractivity contribution < 1.29 is 4.79 Å². The van der Waals surface area contributed by atoms with Crippen LogP contribution in [0.2, 0.25) is 0 Å². The van der Waals surface area contributed by atoms with E-state index in [9.17, 15) is 4.79 Å². The molecule has 2 saturated carbocycles. The summed E-state index contributed by atoms with van der Waals surface area (Å²) in [6, 6.07) is 2.02. The Bertz CT molecular complexity index is 442. The van der Waals surface area contributed by atoms with Crippen LogP contribution >= 0.6 is 0 Å². The second kappa shape index (κ2) is 4.41. The standard InChI is InChI=1S/C14H21N3O/c1-9(2)17-13(3-4-16-17)14(18)15-8-10-5-11-7-12(11)6-10/h3-4,9-12H,5-8H2,1-2H3,(H,15,18). The highest BCUT2D eigenvalue weighted by atomic mass is 16.2. The van der Waals surface area contributed by atoms with Gasteiger partial charge < -0.3 is 5.32 Å². The molecule has 0 aromatic carbocycles. The van der Waals surface area contributed by atoms with Crippen LogP contribution in [0.5, 0.6) is 0 Å². The van der Waals surface area contributed by atoms with Crippen molar-refractivity contribution in [2.45, 2.75) is 39.2 Å². The molecule has 0 radical (unpaired) electrons. The summed E-state index contributed by atoms with van der Waals surface area (Å²) in [4.78, 5) is 12.1. The molecule has 0 bridgehead atoms. The Labute approximate surface area is 108 Å². The summed E-state index contributed by atoms with van der Waals surface area (Å²) in [5.41, 5.74) is 0.674. The van der Waals surface area contributed by atoms with E-state index in [1.807, 2.05) is 13.8 Å². The molecule has 2 unspecified atom stereocenters. The number of hydrogen-bond acceptors (Lipinski definition) is 2. The fourth-order valence-corrected chi connectivity index (χ4v) is 3.24. The Morgan fingerprint density at radius 3 is 2.83 bits per heavy atom. The lowest BCUT2D eigenvalue weighted by atomic mass is 10.0. The normalized spacial score (nSPS) is 29.4. The molecule has 1 aromatic rings. The summed E-state index contributed by atoms with van der Waals surface area (Å²) < 4.78 is 1.78. The molecule has 2 fully saturated rings. The molecule has 4 heteroatoms. The van der Waals surface area contributed by atoms with Crippen LogP contribution in [-0.2, 0) is 0 Å². The average molecular weight is 247 g/mol. The van der Waals surface area contributed by atoms with Crippen LogP contribution in [0.1, 0.15) is 49.6 Å². The van der Waals surface area contributed by atoms with Crippen LogP contribution in [0.15, 0.2) is 12.3 Å². The van der Waals surface area contributed by atoms with Crippen molar-refractivity contribution in [3.63, 3.8) is 0 Å². The van der Waals surface area contributed by atoms with Gasteiger partial charge in [0.15, 0.2) is 0 Å². The Morgan fingerprint density at radius 1 is 1.44 bits per heavy atom. The van der Waals surface area contributed by atoms with Gasteiger partial charge in [-0.1, -0.05) is 0 Å². The van der Waals surface area contributed by atoms with Crippen molar-refractivity contribution in [2.75, 3.05) is 6.54 Å². The molecule has 18 heavy (non-hydrogen) atoms. The largest absolute Gasteiger partial charge is 0.350 e. The Morgan fingerprint density at radius 2 is 2.17 bits per heavy atom. The quantitative estimate of drug-likeness (QED) is 0.887. The van der Waals surface area contributed by atoms with E-state index in [0.29, 0.717) is 11.6 Å². The third-order valence-corrected chi connectivity index (χ3v) is 4.28. The number of aromatic nitrogens is 2. The number of nitrogens with one attached hydrogen (secondary N) is 1. The van der Waals surface area contributed by atoms with E-state index in [1.165, 1.54) is 19.3 Å². The number of hydrogen-bond donors (Lipinski definition) is 1. The van der Waals surface area contributed by atoms with E-state index in [2.05, 4.69) is 10.4 Å². The van der Waals surface area contributed by atoms with Gasteiger partial charge in [-0.2, -0.15) is 5.10 Å². The fourth-order valence-electron chi connectivity index (χ4n) is 3.24. The zero-order valence-electron chi connectivity index (χ0n) is 11.1. The maximum absolute atomic E-state index is 12.1. The van der Waals surface area contributed by atoms with Crippen LogP contribution < -0.4 is 5.32 Å². The van der Waals surface area contributed by atoms with Gasteiger partial charge in [0.05, 0.1) is 0 Å². The van der Waals surface area contributed by atoms with E-state index in [-0.39, 0.29) is 11.9 Å². The lowest BCUT2D eigenvalue weighted by Crippen LogP contribution is -2.31. The molecule has 1 aromatic heterocycles. The predicted molar refractivity (Wildman–Crippen MR) is 69.3 cm³/mol. The molecule has 98 valence electrons. The minimum atomic E-state index is 0.0155. The smallest absolute Gasteiger partial charge is 0.269 e. The van der Waals surface area contributed by atoms with E-state index < -0.39 is 0 Å². The topological polar surface area (TPSA) is 46.9 Å². The highest BCUT2D eigenvalue weighted by Gasteiger charge is 2.45. The molecule has 1 heterocycles.